The lowest BCUT2D eigenvalue weighted by Crippen LogP contribution is -2.66. The Morgan fingerprint density at radius 1 is 1.16 bits per heavy atom. The fraction of sp³-hybridized carbons (Fsp3) is 0.417. The second-order valence-electron chi connectivity index (χ2n) is 8.66. The first-order chi connectivity index (χ1) is 15.7. The molecule has 2 bridgehead atoms. The maximum Gasteiger partial charge on any atom is 0.227 e. The number of pyridine rings is 1. The van der Waals surface area contributed by atoms with Crippen LogP contribution < -0.4 is 9.47 Å². The fourth-order valence-corrected chi connectivity index (χ4v) is 6.33. The van der Waals surface area contributed by atoms with Crippen LogP contribution in [0.5, 0.6) is 11.5 Å². The van der Waals surface area contributed by atoms with Crippen molar-refractivity contribution in [2.75, 3.05) is 33.9 Å². The Balaban J connectivity index is 1.42. The number of aromatic nitrogens is 1. The van der Waals surface area contributed by atoms with E-state index in [-0.39, 0.29) is 0 Å². The highest BCUT2D eigenvalue weighted by molar-refractivity contribution is 7.20. The third-order valence-electron chi connectivity index (χ3n) is 7.01. The molecule has 7 nitrogen and oxygen atoms in total. The Morgan fingerprint density at radius 2 is 2.03 bits per heavy atom. The number of oxime groups is 1. The van der Waals surface area contributed by atoms with E-state index < -0.39 is 5.72 Å². The molecule has 0 radical (unpaired) electrons. The average molecular weight is 451 g/mol. The number of methoxy groups -OCH3 is 2. The summed E-state index contributed by atoms with van der Waals surface area (Å²) in [4.78, 5) is 16.9. The van der Waals surface area contributed by atoms with Crippen LogP contribution in [-0.4, -0.2) is 60.2 Å². The monoisotopic (exact) mass is 450 g/mol. The highest BCUT2D eigenvalue weighted by Gasteiger charge is 2.57. The van der Waals surface area contributed by atoms with Gasteiger partial charge in [-0.25, -0.2) is 0 Å². The molecule has 1 unspecified atom stereocenters. The van der Waals surface area contributed by atoms with Crippen LogP contribution in [0.4, 0.5) is 0 Å². The van der Waals surface area contributed by atoms with Crippen LogP contribution >= 0.6 is 11.3 Å². The molecule has 166 valence electrons. The van der Waals surface area contributed by atoms with Crippen LogP contribution in [0.2, 0.25) is 0 Å². The Hall–Kier alpha value is -2.84. The van der Waals surface area contributed by atoms with Crippen LogP contribution in [0, 0.1) is 5.92 Å². The lowest BCUT2D eigenvalue weighted by Gasteiger charge is -2.53. The summed E-state index contributed by atoms with van der Waals surface area (Å²) in [6.07, 6.45) is 4.10. The molecule has 1 aromatic carbocycles. The normalized spacial score (nSPS) is 26.4. The molecular weight excluding hydrogens is 424 g/mol. The first-order valence-corrected chi connectivity index (χ1v) is 11.8. The number of fused-ring (bicyclic) bond motifs is 3. The lowest BCUT2D eigenvalue weighted by molar-refractivity contribution is -0.198. The largest absolute Gasteiger partial charge is 0.497 e. The first kappa shape index (κ1) is 19.8. The molecule has 0 saturated carbocycles. The number of ether oxygens (including phenoxy) is 2. The van der Waals surface area contributed by atoms with E-state index in [0.29, 0.717) is 12.5 Å². The molecule has 0 amide bonds. The predicted octanol–water partition coefficient (Wildman–Crippen LogP) is 3.93. The zero-order chi connectivity index (χ0) is 21.7. The molecule has 1 spiro atoms. The van der Waals surface area contributed by atoms with E-state index in [9.17, 15) is 0 Å². The molecule has 4 aliphatic heterocycles. The standard InChI is InChI=1S/C24H26N4O3S/c1-29-18-6-5-16(20(12-18)30-2)14-28-23(22-13-19-21(32-22)4-3-9-25-19)26-31-24(28)15-27-10-7-17(24)8-11-27/h3-6,9,12-13,17H,7-8,10-11,14-15H2,1-2H3. The number of rotatable bonds is 5. The molecule has 3 aromatic rings. The minimum absolute atomic E-state index is 0.444. The van der Waals surface area contributed by atoms with Gasteiger partial charge >= 0.3 is 0 Å². The van der Waals surface area contributed by atoms with Gasteiger partial charge in [0.15, 0.2) is 5.84 Å². The van der Waals surface area contributed by atoms with Gasteiger partial charge in [-0.1, -0.05) is 5.16 Å². The van der Waals surface area contributed by atoms with E-state index in [1.807, 2.05) is 24.4 Å². The van der Waals surface area contributed by atoms with E-state index in [2.05, 4.69) is 33.0 Å². The van der Waals surface area contributed by atoms with Gasteiger partial charge in [0, 0.05) is 23.7 Å². The van der Waals surface area contributed by atoms with E-state index in [0.717, 1.165) is 70.5 Å². The molecule has 4 aliphatic rings. The third kappa shape index (κ3) is 3.04. The van der Waals surface area contributed by atoms with Crippen molar-refractivity contribution in [1.82, 2.24) is 14.8 Å². The van der Waals surface area contributed by atoms with E-state index in [1.165, 1.54) is 0 Å². The van der Waals surface area contributed by atoms with Gasteiger partial charge in [-0.05, 0) is 56.3 Å². The molecular formula is C24H26N4O3S. The summed E-state index contributed by atoms with van der Waals surface area (Å²) in [5.74, 6) is 2.93. The van der Waals surface area contributed by atoms with Crippen molar-refractivity contribution in [3.05, 3.63) is 53.0 Å². The van der Waals surface area contributed by atoms with Crippen molar-refractivity contribution in [3.8, 4) is 11.5 Å². The quantitative estimate of drug-likeness (QED) is 0.587. The molecule has 0 aliphatic carbocycles. The number of hydrogen-bond acceptors (Lipinski definition) is 8. The summed E-state index contributed by atoms with van der Waals surface area (Å²) in [6.45, 7) is 3.79. The van der Waals surface area contributed by atoms with Crippen LogP contribution in [0.3, 0.4) is 0 Å². The van der Waals surface area contributed by atoms with E-state index in [1.54, 1.807) is 25.6 Å². The van der Waals surface area contributed by atoms with Crippen LogP contribution in [-0.2, 0) is 11.4 Å². The third-order valence-corrected chi connectivity index (χ3v) is 8.09. The van der Waals surface area contributed by atoms with Gasteiger partial charge in [0.1, 0.15) is 11.5 Å². The molecule has 7 rings (SSSR count). The molecule has 1 atom stereocenters. The molecule has 0 N–H and O–H groups in total. The summed E-state index contributed by atoms with van der Waals surface area (Å²) in [5.41, 5.74) is 1.63. The number of piperidine rings is 3. The topological polar surface area (TPSA) is 59.4 Å². The molecule has 2 aromatic heterocycles. The van der Waals surface area contributed by atoms with Gasteiger partial charge in [-0.3, -0.25) is 9.88 Å². The minimum Gasteiger partial charge on any atom is -0.497 e. The Morgan fingerprint density at radius 3 is 2.75 bits per heavy atom. The number of amidine groups is 1. The zero-order valence-electron chi connectivity index (χ0n) is 18.3. The summed E-state index contributed by atoms with van der Waals surface area (Å²) in [5, 5.41) is 4.70. The molecule has 3 fully saturated rings. The van der Waals surface area contributed by atoms with Gasteiger partial charge in [0.25, 0.3) is 0 Å². The lowest BCUT2D eigenvalue weighted by atomic mass is 9.79. The van der Waals surface area contributed by atoms with Crippen LogP contribution in [0.1, 0.15) is 23.3 Å². The maximum absolute atomic E-state index is 6.37. The summed E-state index contributed by atoms with van der Waals surface area (Å²) in [6, 6.07) is 12.2. The second kappa shape index (κ2) is 7.64. The fourth-order valence-electron chi connectivity index (χ4n) is 5.32. The first-order valence-electron chi connectivity index (χ1n) is 11.0. The van der Waals surface area contributed by atoms with Crippen molar-refractivity contribution >= 4 is 27.4 Å². The molecule has 6 heterocycles. The Bertz CT molecular complexity index is 1150. The summed E-state index contributed by atoms with van der Waals surface area (Å²) < 4.78 is 12.3. The second-order valence-corrected chi connectivity index (χ2v) is 9.75. The smallest absolute Gasteiger partial charge is 0.227 e. The number of nitrogens with zero attached hydrogens (tertiary/aromatic N) is 4. The number of benzene rings is 1. The van der Waals surface area contributed by atoms with Crippen molar-refractivity contribution < 1.29 is 14.3 Å². The van der Waals surface area contributed by atoms with E-state index in [4.69, 9.17) is 19.5 Å². The summed E-state index contributed by atoms with van der Waals surface area (Å²) in [7, 11) is 3.38. The van der Waals surface area contributed by atoms with Gasteiger partial charge in [-0.15, -0.1) is 11.3 Å². The Labute approximate surface area is 191 Å². The maximum atomic E-state index is 6.37. The molecule has 3 saturated heterocycles. The highest BCUT2D eigenvalue weighted by Crippen LogP contribution is 2.46. The van der Waals surface area contributed by atoms with Crippen molar-refractivity contribution in [1.29, 1.82) is 0 Å². The number of thiophene rings is 1. The predicted molar refractivity (Wildman–Crippen MR) is 124 cm³/mol. The molecule has 32 heavy (non-hydrogen) atoms. The average Bonchev–Trinajstić information content (AvgIpc) is 3.42. The van der Waals surface area contributed by atoms with Crippen molar-refractivity contribution in [3.63, 3.8) is 0 Å². The van der Waals surface area contributed by atoms with Gasteiger partial charge < -0.3 is 19.2 Å². The highest BCUT2D eigenvalue weighted by atomic mass is 32.1. The van der Waals surface area contributed by atoms with Gasteiger partial charge in [0.2, 0.25) is 5.72 Å². The summed E-state index contributed by atoms with van der Waals surface area (Å²) >= 11 is 1.71. The zero-order valence-corrected chi connectivity index (χ0v) is 19.1. The van der Waals surface area contributed by atoms with Gasteiger partial charge in [0.05, 0.1) is 42.4 Å². The minimum atomic E-state index is -0.444. The van der Waals surface area contributed by atoms with Crippen LogP contribution in [0.15, 0.2) is 47.8 Å². The number of hydrogen-bond donors (Lipinski definition) is 0. The van der Waals surface area contributed by atoms with E-state index >= 15 is 0 Å². The SMILES string of the molecule is COc1ccc(CN2C(c3cc4ncccc4s3)=NOC23CN2CCC3CC2)c(OC)c1. The Kier molecular flexibility index (Phi) is 4.73. The van der Waals surface area contributed by atoms with Crippen LogP contribution in [0.25, 0.3) is 10.2 Å². The molecule has 8 heteroatoms. The van der Waals surface area contributed by atoms with Crippen molar-refractivity contribution in [2.24, 2.45) is 11.1 Å². The van der Waals surface area contributed by atoms with Crippen molar-refractivity contribution in [2.45, 2.75) is 25.1 Å². The van der Waals surface area contributed by atoms with Gasteiger partial charge in [-0.2, -0.15) is 0 Å².